The van der Waals surface area contributed by atoms with Gasteiger partial charge < -0.3 is 19.2 Å². The summed E-state index contributed by atoms with van der Waals surface area (Å²) in [4.78, 5) is 21.2. The number of alkyl halides is 3. The van der Waals surface area contributed by atoms with Gasteiger partial charge in [0.2, 0.25) is 5.89 Å². The fourth-order valence-electron chi connectivity index (χ4n) is 3.24. The number of nitrogens with zero attached hydrogens (tertiary/aromatic N) is 4. The average Bonchev–Trinajstić information content (AvgIpc) is 3.25. The van der Waals surface area contributed by atoms with Gasteiger partial charge >= 0.3 is 12.4 Å². The first-order chi connectivity index (χ1) is 15.8. The third-order valence-corrected chi connectivity index (χ3v) is 4.81. The predicted molar refractivity (Wildman–Crippen MR) is 105 cm³/mol. The third kappa shape index (κ3) is 6.14. The summed E-state index contributed by atoms with van der Waals surface area (Å²) >= 11 is 0. The largest absolute Gasteiger partial charge is 0.522 e. The minimum atomic E-state index is -4.73. The summed E-state index contributed by atoms with van der Waals surface area (Å²) in [7, 11) is 0. The topological polar surface area (TPSA) is 121 Å². The van der Waals surface area contributed by atoms with E-state index in [9.17, 15) is 18.0 Å². The molecule has 1 N–H and O–H groups in total. The molecule has 1 aliphatic rings. The number of rotatable bonds is 7. The molecule has 1 fully saturated rings. The zero-order valence-corrected chi connectivity index (χ0v) is 17.5. The van der Waals surface area contributed by atoms with Crippen LogP contribution in [0.25, 0.3) is 11.0 Å². The van der Waals surface area contributed by atoms with Crippen LogP contribution in [0.4, 0.5) is 13.2 Å². The normalized spacial score (nSPS) is 18.9. The van der Waals surface area contributed by atoms with Crippen molar-refractivity contribution < 1.29 is 36.6 Å². The highest BCUT2D eigenvalue weighted by molar-refractivity contribution is 5.94. The van der Waals surface area contributed by atoms with Crippen molar-refractivity contribution in [1.29, 1.82) is 0 Å². The van der Waals surface area contributed by atoms with Crippen LogP contribution in [0.1, 0.15) is 40.9 Å². The standard InChI is InChI=1S/C20H20F3N5O5/c1-11-2-4-13-14(8-11)24-9-15(26-13)17(29)25-12-3-5-16(31-10-12)18-27-28-19(33-18)30-6-7-32-20(21,22)23/h2,4,8-9,12,16H,3,5-7,10H2,1H3,(H,25,29)/t12-,16+/m0/s1. The summed E-state index contributed by atoms with van der Waals surface area (Å²) in [6, 6.07) is 5.36. The first-order valence-corrected chi connectivity index (χ1v) is 10.1. The Morgan fingerprint density at radius 3 is 2.82 bits per heavy atom. The SMILES string of the molecule is Cc1ccc2nc(C(=O)N[C@H]3CC[C@H](c4nnc(OCCOC(F)(F)F)o4)OC3)cnc2c1. The van der Waals surface area contributed by atoms with Crippen molar-refractivity contribution >= 4 is 16.9 Å². The number of carbonyl (C=O) groups is 1. The first kappa shape index (κ1) is 22.9. The van der Waals surface area contributed by atoms with E-state index in [1.165, 1.54) is 6.20 Å². The minimum Gasteiger partial charge on any atom is -0.447 e. The van der Waals surface area contributed by atoms with Crippen LogP contribution in [0.3, 0.4) is 0 Å². The van der Waals surface area contributed by atoms with Gasteiger partial charge in [0.25, 0.3) is 5.91 Å². The van der Waals surface area contributed by atoms with Gasteiger partial charge in [-0.2, -0.15) is 0 Å². The predicted octanol–water partition coefficient (Wildman–Crippen LogP) is 2.89. The number of benzene rings is 1. The van der Waals surface area contributed by atoms with Crippen LogP contribution in [0.5, 0.6) is 6.08 Å². The zero-order valence-electron chi connectivity index (χ0n) is 17.5. The Morgan fingerprint density at radius 1 is 1.21 bits per heavy atom. The molecule has 3 heterocycles. The monoisotopic (exact) mass is 467 g/mol. The van der Waals surface area contributed by atoms with E-state index in [1.54, 1.807) is 0 Å². The van der Waals surface area contributed by atoms with Crippen molar-refractivity contribution in [3.63, 3.8) is 0 Å². The Bertz CT molecular complexity index is 1110. The lowest BCUT2D eigenvalue weighted by molar-refractivity contribution is -0.325. The lowest BCUT2D eigenvalue weighted by atomic mass is 10.0. The number of hydrogen-bond acceptors (Lipinski definition) is 9. The van der Waals surface area contributed by atoms with Crippen molar-refractivity contribution in [2.24, 2.45) is 0 Å². The van der Waals surface area contributed by atoms with Crippen molar-refractivity contribution in [3.8, 4) is 6.08 Å². The Morgan fingerprint density at radius 2 is 2.06 bits per heavy atom. The molecule has 13 heteroatoms. The molecule has 2 aromatic heterocycles. The molecule has 0 aliphatic carbocycles. The summed E-state index contributed by atoms with van der Waals surface area (Å²) in [5.41, 5.74) is 2.61. The van der Waals surface area contributed by atoms with Crippen LogP contribution in [-0.2, 0) is 9.47 Å². The molecular formula is C20H20F3N5O5. The Hall–Kier alpha value is -3.32. The molecule has 1 aliphatic heterocycles. The molecule has 0 radical (unpaired) electrons. The summed E-state index contributed by atoms with van der Waals surface area (Å²) < 4.78 is 55.3. The molecule has 0 spiro atoms. The molecular weight excluding hydrogens is 447 g/mol. The van der Waals surface area contributed by atoms with Crippen LogP contribution >= 0.6 is 0 Å². The second-order valence-corrected chi connectivity index (χ2v) is 7.37. The fraction of sp³-hybridized carbons (Fsp3) is 0.450. The van der Waals surface area contributed by atoms with Crippen molar-refractivity contribution in [2.45, 2.75) is 38.3 Å². The maximum Gasteiger partial charge on any atom is 0.522 e. The molecule has 1 saturated heterocycles. The lowest BCUT2D eigenvalue weighted by Crippen LogP contribution is -2.41. The summed E-state index contributed by atoms with van der Waals surface area (Å²) in [5.74, 6) is -0.214. The molecule has 33 heavy (non-hydrogen) atoms. The number of amides is 1. The molecule has 0 bridgehead atoms. The van der Waals surface area contributed by atoms with Crippen LogP contribution < -0.4 is 10.1 Å². The third-order valence-electron chi connectivity index (χ3n) is 4.81. The van der Waals surface area contributed by atoms with Gasteiger partial charge in [-0.05, 0) is 37.5 Å². The van der Waals surface area contributed by atoms with Crippen LogP contribution in [-0.4, -0.2) is 58.3 Å². The molecule has 2 atom stereocenters. The number of carbonyl (C=O) groups excluding carboxylic acids is 1. The van der Waals surface area contributed by atoms with Gasteiger partial charge in [-0.1, -0.05) is 11.2 Å². The highest BCUT2D eigenvalue weighted by Crippen LogP contribution is 2.28. The van der Waals surface area contributed by atoms with Crippen LogP contribution in [0.2, 0.25) is 0 Å². The van der Waals surface area contributed by atoms with E-state index in [1.807, 2.05) is 25.1 Å². The van der Waals surface area contributed by atoms with Gasteiger partial charge in [-0.25, -0.2) is 4.98 Å². The zero-order chi connectivity index (χ0) is 23.4. The van der Waals surface area contributed by atoms with Crippen molar-refractivity contribution in [2.75, 3.05) is 19.8 Å². The van der Waals surface area contributed by atoms with Gasteiger partial charge in [0.05, 0.1) is 36.5 Å². The van der Waals surface area contributed by atoms with Gasteiger partial charge in [0, 0.05) is 0 Å². The summed E-state index contributed by atoms with van der Waals surface area (Å²) in [6.07, 6.45) is -3.03. The van der Waals surface area contributed by atoms with Gasteiger partial charge in [-0.15, -0.1) is 18.3 Å². The fourth-order valence-corrected chi connectivity index (χ4v) is 3.24. The average molecular weight is 467 g/mol. The van der Waals surface area contributed by atoms with Gasteiger partial charge in [-0.3, -0.25) is 14.5 Å². The maximum atomic E-state index is 12.6. The molecule has 0 saturated carbocycles. The van der Waals surface area contributed by atoms with E-state index in [0.717, 1.165) is 5.56 Å². The van der Waals surface area contributed by atoms with Crippen molar-refractivity contribution in [3.05, 3.63) is 41.5 Å². The molecule has 3 aromatic rings. The Kier molecular flexibility index (Phi) is 6.70. The van der Waals surface area contributed by atoms with Gasteiger partial charge in [0.15, 0.2) is 0 Å². The molecule has 1 aromatic carbocycles. The summed E-state index contributed by atoms with van der Waals surface area (Å²) in [6.45, 7) is 1.05. The van der Waals surface area contributed by atoms with E-state index >= 15 is 0 Å². The smallest absolute Gasteiger partial charge is 0.447 e. The number of hydrogen-bond donors (Lipinski definition) is 1. The van der Waals surface area contributed by atoms with E-state index in [-0.39, 0.29) is 36.2 Å². The Labute approximate surface area is 185 Å². The van der Waals surface area contributed by atoms with E-state index < -0.39 is 25.7 Å². The highest BCUT2D eigenvalue weighted by atomic mass is 19.4. The molecule has 4 rings (SSSR count). The quantitative estimate of drug-likeness (QED) is 0.523. The lowest BCUT2D eigenvalue weighted by Gasteiger charge is -2.27. The van der Waals surface area contributed by atoms with Crippen LogP contribution in [0.15, 0.2) is 28.8 Å². The first-order valence-electron chi connectivity index (χ1n) is 10.1. The van der Waals surface area contributed by atoms with Crippen molar-refractivity contribution in [1.82, 2.24) is 25.5 Å². The molecule has 0 unspecified atom stereocenters. The number of halogens is 3. The molecule has 176 valence electrons. The number of nitrogens with one attached hydrogen (secondary N) is 1. The second kappa shape index (κ2) is 9.67. The molecule has 1 amide bonds. The summed E-state index contributed by atoms with van der Waals surface area (Å²) in [5, 5.41) is 10.3. The number of fused-ring (bicyclic) bond motifs is 1. The number of aromatic nitrogens is 4. The maximum absolute atomic E-state index is 12.6. The highest BCUT2D eigenvalue weighted by Gasteiger charge is 2.30. The minimum absolute atomic E-state index is 0.141. The van der Waals surface area contributed by atoms with E-state index in [2.05, 4.69) is 30.2 Å². The Balaban J connectivity index is 1.25. The van der Waals surface area contributed by atoms with E-state index in [4.69, 9.17) is 13.9 Å². The number of ether oxygens (including phenoxy) is 3. The molecule has 10 nitrogen and oxygen atoms in total. The second-order valence-electron chi connectivity index (χ2n) is 7.37. The van der Waals surface area contributed by atoms with Gasteiger partial charge in [0.1, 0.15) is 18.4 Å². The van der Waals surface area contributed by atoms with Crippen LogP contribution in [0, 0.1) is 6.92 Å². The van der Waals surface area contributed by atoms with E-state index in [0.29, 0.717) is 23.9 Å². The number of aryl methyl sites for hydroxylation is 1.